The van der Waals surface area contributed by atoms with Crippen molar-refractivity contribution in [2.45, 2.75) is 18.8 Å². The summed E-state index contributed by atoms with van der Waals surface area (Å²) < 4.78 is 16.2. The number of aromatic nitrogens is 3. The van der Waals surface area contributed by atoms with Gasteiger partial charge in [0.2, 0.25) is 0 Å². The smallest absolute Gasteiger partial charge is 0.276 e. The van der Waals surface area contributed by atoms with E-state index in [0.29, 0.717) is 36.3 Å². The lowest BCUT2D eigenvalue weighted by molar-refractivity contribution is 0.392. The molecule has 1 aliphatic heterocycles. The van der Waals surface area contributed by atoms with Crippen molar-refractivity contribution in [1.29, 1.82) is 0 Å². The van der Waals surface area contributed by atoms with Gasteiger partial charge in [-0.25, -0.2) is 0 Å². The average molecular weight is 437 g/mol. The summed E-state index contributed by atoms with van der Waals surface area (Å²) in [7, 11) is 5.15. The van der Waals surface area contributed by atoms with Crippen molar-refractivity contribution >= 4 is 5.96 Å². The third-order valence-corrected chi connectivity index (χ3v) is 5.53. The van der Waals surface area contributed by atoms with Gasteiger partial charge in [0.05, 0.1) is 14.2 Å². The molecule has 0 amide bonds. The maximum Gasteiger partial charge on any atom is 0.276 e. The maximum atomic E-state index is 5.42. The molecular weight excluding hydrogens is 408 g/mol. The summed E-state index contributed by atoms with van der Waals surface area (Å²) in [6, 6.07) is 11.7. The normalized spacial score (nSPS) is 16.3. The Kier molecular flexibility index (Phi) is 6.84. The van der Waals surface area contributed by atoms with Crippen molar-refractivity contribution < 1.29 is 14.0 Å². The van der Waals surface area contributed by atoms with Crippen LogP contribution in [0, 0.1) is 0 Å². The predicted molar refractivity (Wildman–Crippen MR) is 121 cm³/mol. The molecule has 1 atom stereocenters. The van der Waals surface area contributed by atoms with Crippen LogP contribution in [0.15, 0.2) is 52.1 Å². The zero-order chi connectivity index (χ0) is 22.3. The molecular formula is C23H28N6O3. The van der Waals surface area contributed by atoms with E-state index in [0.717, 1.165) is 37.0 Å². The minimum absolute atomic E-state index is 0.385. The molecule has 2 aromatic heterocycles. The highest BCUT2D eigenvalue weighted by Crippen LogP contribution is 2.32. The standard InChI is InChI=1S/C23H28N6O3/c1-24-23(26-10-7-21-27-22(32-28-21)20-6-4-5-9-25-20)29-11-8-16(15-29)17-12-18(30-2)14-19(13-17)31-3/h4-6,9,12-14,16H,7-8,10-11,15H2,1-3H3,(H,24,26). The van der Waals surface area contributed by atoms with Crippen molar-refractivity contribution in [1.82, 2.24) is 25.3 Å². The van der Waals surface area contributed by atoms with Crippen LogP contribution in [0.1, 0.15) is 23.7 Å². The number of ether oxygens (including phenoxy) is 2. The molecule has 1 saturated heterocycles. The summed E-state index contributed by atoms with van der Waals surface area (Å²) in [4.78, 5) is 15.4. The summed E-state index contributed by atoms with van der Waals surface area (Å²) in [5.41, 5.74) is 1.89. The highest BCUT2D eigenvalue weighted by Gasteiger charge is 2.27. The first-order valence-corrected chi connectivity index (χ1v) is 10.6. The van der Waals surface area contributed by atoms with Crippen molar-refractivity contribution in [3.63, 3.8) is 0 Å². The number of nitrogens with one attached hydrogen (secondary N) is 1. The summed E-state index contributed by atoms with van der Waals surface area (Å²) in [6.45, 7) is 2.46. The number of hydrogen-bond donors (Lipinski definition) is 1. The zero-order valence-corrected chi connectivity index (χ0v) is 18.6. The second kappa shape index (κ2) is 10.1. The quantitative estimate of drug-likeness (QED) is 0.446. The van der Waals surface area contributed by atoms with Gasteiger partial charge in [-0.3, -0.25) is 9.98 Å². The van der Waals surface area contributed by atoms with Crippen molar-refractivity contribution in [2.75, 3.05) is 40.9 Å². The van der Waals surface area contributed by atoms with Gasteiger partial charge in [-0.05, 0) is 36.2 Å². The first kappa shape index (κ1) is 21.6. The fourth-order valence-corrected chi connectivity index (χ4v) is 3.86. The molecule has 32 heavy (non-hydrogen) atoms. The molecule has 0 radical (unpaired) electrons. The first-order valence-electron chi connectivity index (χ1n) is 10.6. The molecule has 0 spiro atoms. The lowest BCUT2D eigenvalue weighted by atomic mass is 9.98. The molecule has 1 fully saturated rings. The second-order valence-corrected chi connectivity index (χ2v) is 7.53. The Bertz CT molecular complexity index is 1030. The van der Waals surface area contributed by atoms with Crippen LogP contribution >= 0.6 is 0 Å². The van der Waals surface area contributed by atoms with Crippen LogP contribution in [0.3, 0.4) is 0 Å². The Labute approximate surface area is 187 Å². The van der Waals surface area contributed by atoms with Crippen LogP contribution in [-0.2, 0) is 6.42 Å². The van der Waals surface area contributed by atoms with E-state index in [1.807, 2.05) is 24.3 Å². The minimum atomic E-state index is 0.385. The van der Waals surface area contributed by atoms with Crippen molar-refractivity contribution in [3.8, 4) is 23.1 Å². The van der Waals surface area contributed by atoms with Crippen LogP contribution in [0.5, 0.6) is 11.5 Å². The van der Waals surface area contributed by atoms with E-state index in [4.69, 9.17) is 14.0 Å². The third kappa shape index (κ3) is 4.99. The van der Waals surface area contributed by atoms with Gasteiger partial charge in [0.1, 0.15) is 17.2 Å². The van der Waals surface area contributed by atoms with Gasteiger partial charge in [-0.1, -0.05) is 11.2 Å². The third-order valence-electron chi connectivity index (χ3n) is 5.53. The molecule has 3 aromatic rings. The Morgan fingerprint density at radius 1 is 1.22 bits per heavy atom. The van der Waals surface area contributed by atoms with Gasteiger partial charge in [0, 0.05) is 51.3 Å². The fraction of sp³-hybridized carbons (Fsp3) is 0.391. The second-order valence-electron chi connectivity index (χ2n) is 7.53. The number of nitrogens with zero attached hydrogens (tertiary/aromatic N) is 5. The first-order chi connectivity index (χ1) is 15.7. The maximum absolute atomic E-state index is 5.42. The molecule has 0 aliphatic carbocycles. The molecule has 9 heteroatoms. The van der Waals surface area contributed by atoms with E-state index in [9.17, 15) is 0 Å². The monoisotopic (exact) mass is 436 g/mol. The van der Waals surface area contributed by atoms with E-state index in [1.54, 1.807) is 27.5 Å². The summed E-state index contributed by atoms with van der Waals surface area (Å²) >= 11 is 0. The minimum Gasteiger partial charge on any atom is -0.497 e. The van der Waals surface area contributed by atoms with Gasteiger partial charge in [0.15, 0.2) is 11.8 Å². The molecule has 1 unspecified atom stereocenters. The van der Waals surface area contributed by atoms with Gasteiger partial charge >= 0.3 is 0 Å². The molecule has 1 N–H and O–H groups in total. The van der Waals surface area contributed by atoms with E-state index in [2.05, 4.69) is 42.5 Å². The fourth-order valence-electron chi connectivity index (χ4n) is 3.86. The SMILES string of the molecule is CN=C(NCCc1noc(-c2ccccn2)n1)N1CCC(c2cc(OC)cc(OC)c2)C1. The van der Waals surface area contributed by atoms with Crippen LogP contribution in [0.2, 0.25) is 0 Å². The van der Waals surface area contributed by atoms with Crippen molar-refractivity contribution in [2.24, 2.45) is 4.99 Å². The predicted octanol–water partition coefficient (Wildman–Crippen LogP) is 2.76. The highest BCUT2D eigenvalue weighted by atomic mass is 16.5. The average Bonchev–Trinajstić information content (AvgIpc) is 3.52. The lowest BCUT2D eigenvalue weighted by Crippen LogP contribution is -2.40. The number of hydrogen-bond acceptors (Lipinski definition) is 7. The van der Waals surface area contributed by atoms with Crippen molar-refractivity contribution in [3.05, 3.63) is 54.0 Å². The van der Waals surface area contributed by atoms with Gasteiger partial charge in [0.25, 0.3) is 5.89 Å². The number of aliphatic imine (C=N–C) groups is 1. The molecule has 1 aliphatic rings. The molecule has 3 heterocycles. The van der Waals surface area contributed by atoms with Crippen LogP contribution in [0.25, 0.3) is 11.6 Å². The number of pyridine rings is 1. The summed E-state index contributed by atoms with van der Waals surface area (Å²) in [5.74, 6) is 3.94. The van der Waals surface area contributed by atoms with Gasteiger partial charge in [-0.15, -0.1) is 0 Å². The molecule has 0 bridgehead atoms. The number of likely N-dealkylation sites (tertiary alicyclic amines) is 1. The Morgan fingerprint density at radius 2 is 2.03 bits per heavy atom. The van der Waals surface area contributed by atoms with Crippen LogP contribution < -0.4 is 14.8 Å². The van der Waals surface area contributed by atoms with Crippen LogP contribution in [0.4, 0.5) is 0 Å². The van der Waals surface area contributed by atoms with E-state index in [1.165, 1.54) is 5.56 Å². The zero-order valence-electron chi connectivity index (χ0n) is 18.6. The molecule has 168 valence electrons. The van der Waals surface area contributed by atoms with E-state index >= 15 is 0 Å². The number of benzene rings is 1. The number of methoxy groups -OCH3 is 2. The Hall–Kier alpha value is -3.62. The largest absolute Gasteiger partial charge is 0.497 e. The molecule has 1 aromatic carbocycles. The molecule has 0 saturated carbocycles. The Balaban J connectivity index is 1.32. The number of guanidine groups is 1. The van der Waals surface area contributed by atoms with E-state index < -0.39 is 0 Å². The molecule has 9 nitrogen and oxygen atoms in total. The summed E-state index contributed by atoms with van der Waals surface area (Å²) in [6.07, 6.45) is 3.37. The van der Waals surface area contributed by atoms with E-state index in [-0.39, 0.29) is 0 Å². The summed E-state index contributed by atoms with van der Waals surface area (Å²) in [5, 5.41) is 7.47. The van der Waals surface area contributed by atoms with Gasteiger partial charge < -0.3 is 24.2 Å². The van der Waals surface area contributed by atoms with Gasteiger partial charge in [-0.2, -0.15) is 4.98 Å². The highest BCUT2D eigenvalue weighted by molar-refractivity contribution is 5.80. The lowest BCUT2D eigenvalue weighted by Gasteiger charge is -2.21. The Morgan fingerprint density at radius 3 is 2.72 bits per heavy atom. The number of rotatable bonds is 7. The van der Waals surface area contributed by atoms with Crippen LogP contribution in [-0.4, -0.2) is 66.9 Å². The molecule has 4 rings (SSSR count). The topological polar surface area (TPSA) is 97.9 Å².